The molecule has 1 N–H and O–H groups in total. The van der Waals surface area contributed by atoms with Gasteiger partial charge in [-0.2, -0.15) is 0 Å². The highest BCUT2D eigenvalue weighted by Gasteiger charge is 2.37. The van der Waals surface area contributed by atoms with Crippen LogP contribution >= 0.6 is 0 Å². The lowest BCUT2D eigenvalue weighted by atomic mass is 9.98. The second kappa shape index (κ2) is 5.59. The number of hydrogen-bond acceptors (Lipinski definition) is 6. The Balaban J connectivity index is 2.24. The predicted octanol–water partition coefficient (Wildman–Crippen LogP) is 1.68. The zero-order chi connectivity index (χ0) is 17.6. The second-order valence-corrected chi connectivity index (χ2v) is 5.53. The van der Waals surface area contributed by atoms with Gasteiger partial charge in [-0.3, -0.25) is 4.79 Å². The first kappa shape index (κ1) is 15.9. The number of pyridine rings is 1. The molecule has 0 spiro atoms. The van der Waals surface area contributed by atoms with E-state index in [1.165, 1.54) is 30.9 Å². The highest BCUT2D eigenvalue weighted by Crippen LogP contribution is 2.42. The van der Waals surface area contributed by atoms with Crippen LogP contribution < -0.4 is 15.0 Å². The number of ether oxygens (including phenoxy) is 3. The van der Waals surface area contributed by atoms with E-state index >= 15 is 0 Å². The summed E-state index contributed by atoms with van der Waals surface area (Å²) in [5, 5.41) is 10.2. The van der Waals surface area contributed by atoms with Crippen LogP contribution in [0.15, 0.2) is 23.0 Å². The number of hydrogen-bond donors (Lipinski definition) is 1. The van der Waals surface area contributed by atoms with Crippen LogP contribution in [0.4, 0.5) is 0 Å². The number of aromatic hydroxyl groups is 1. The Morgan fingerprint density at radius 2 is 1.75 bits per heavy atom. The molecule has 0 amide bonds. The Morgan fingerprint density at radius 3 is 2.38 bits per heavy atom. The van der Waals surface area contributed by atoms with Gasteiger partial charge in [0.25, 0.3) is 5.56 Å². The predicted molar refractivity (Wildman–Crippen MR) is 84.9 cm³/mol. The van der Waals surface area contributed by atoms with E-state index in [-0.39, 0.29) is 16.9 Å². The van der Waals surface area contributed by atoms with Crippen molar-refractivity contribution in [1.82, 2.24) is 4.57 Å². The molecule has 7 heteroatoms. The number of esters is 1. The summed E-state index contributed by atoms with van der Waals surface area (Å²) in [7, 11) is 4.52. The first-order valence-electron chi connectivity index (χ1n) is 7.25. The average Bonchev–Trinajstić information content (AvgIpc) is 2.87. The maximum atomic E-state index is 12.5. The van der Waals surface area contributed by atoms with Crippen molar-refractivity contribution in [3.05, 3.63) is 50.9 Å². The van der Waals surface area contributed by atoms with Crippen LogP contribution in [0.5, 0.6) is 17.2 Å². The molecule has 24 heavy (non-hydrogen) atoms. The zero-order valence-corrected chi connectivity index (χ0v) is 13.7. The van der Waals surface area contributed by atoms with Crippen LogP contribution in [0.3, 0.4) is 0 Å². The van der Waals surface area contributed by atoms with E-state index < -0.39 is 17.6 Å². The molecule has 0 bridgehead atoms. The molecule has 2 heterocycles. The van der Waals surface area contributed by atoms with Gasteiger partial charge in [0, 0.05) is 18.3 Å². The van der Waals surface area contributed by atoms with E-state index in [1.807, 2.05) is 0 Å². The van der Waals surface area contributed by atoms with Crippen LogP contribution in [0.1, 0.15) is 33.3 Å². The summed E-state index contributed by atoms with van der Waals surface area (Å²) in [6.07, 6.45) is -0.994. The fourth-order valence-corrected chi connectivity index (χ4v) is 2.81. The molecule has 7 nitrogen and oxygen atoms in total. The summed E-state index contributed by atoms with van der Waals surface area (Å²) in [6, 6.07) is 4.55. The molecule has 0 radical (unpaired) electrons. The van der Waals surface area contributed by atoms with Gasteiger partial charge in [-0.05, 0) is 25.1 Å². The second-order valence-electron chi connectivity index (χ2n) is 5.53. The molecule has 0 saturated heterocycles. The van der Waals surface area contributed by atoms with Crippen LogP contribution in [0.25, 0.3) is 0 Å². The van der Waals surface area contributed by atoms with Crippen molar-refractivity contribution in [3.8, 4) is 17.2 Å². The quantitative estimate of drug-likeness (QED) is 0.861. The van der Waals surface area contributed by atoms with Gasteiger partial charge in [-0.15, -0.1) is 0 Å². The number of methoxy groups -OCH3 is 2. The number of aryl methyl sites for hydroxylation is 1. The van der Waals surface area contributed by atoms with Gasteiger partial charge in [0.15, 0.2) is 17.6 Å². The maximum absolute atomic E-state index is 12.5. The van der Waals surface area contributed by atoms with Crippen LogP contribution in [0.2, 0.25) is 0 Å². The maximum Gasteiger partial charge on any atom is 0.339 e. The first-order chi connectivity index (χ1) is 11.4. The molecule has 2 aromatic rings. The summed E-state index contributed by atoms with van der Waals surface area (Å²) < 4.78 is 17.2. The minimum Gasteiger partial charge on any atom is -0.507 e. The third-order valence-electron chi connectivity index (χ3n) is 4.23. The minimum absolute atomic E-state index is 0.0161. The molecule has 1 atom stereocenters. The lowest BCUT2D eigenvalue weighted by Crippen LogP contribution is -2.25. The third kappa shape index (κ3) is 2.20. The fraction of sp³-hybridized carbons (Fsp3) is 0.294. The molecule has 0 aliphatic carbocycles. The van der Waals surface area contributed by atoms with Crippen LogP contribution in [0, 0.1) is 6.92 Å². The molecule has 0 saturated carbocycles. The Hall–Kier alpha value is -2.96. The molecule has 1 aliphatic rings. The van der Waals surface area contributed by atoms with E-state index in [0.29, 0.717) is 22.8 Å². The molecule has 1 aliphatic heterocycles. The van der Waals surface area contributed by atoms with Crippen molar-refractivity contribution < 1.29 is 24.1 Å². The number of carbonyl (C=O) groups is 1. The summed E-state index contributed by atoms with van der Waals surface area (Å²) in [6.45, 7) is 1.70. The molecule has 3 rings (SSSR count). The van der Waals surface area contributed by atoms with Crippen molar-refractivity contribution >= 4 is 5.97 Å². The third-order valence-corrected chi connectivity index (χ3v) is 4.23. The summed E-state index contributed by atoms with van der Waals surface area (Å²) in [5.41, 5.74) is 0.919. The Kier molecular flexibility index (Phi) is 3.71. The summed E-state index contributed by atoms with van der Waals surface area (Å²) in [5.74, 6) is -0.00753. The topological polar surface area (TPSA) is 87.0 Å². The van der Waals surface area contributed by atoms with Gasteiger partial charge in [-0.1, -0.05) is 0 Å². The highest BCUT2D eigenvalue weighted by atomic mass is 16.6. The lowest BCUT2D eigenvalue weighted by Gasteiger charge is -2.16. The van der Waals surface area contributed by atoms with Gasteiger partial charge >= 0.3 is 5.97 Å². The number of rotatable bonds is 3. The van der Waals surface area contributed by atoms with Crippen molar-refractivity contribution in [1.29, 1.82) is 0 Å². The number of carbonyl (C=O) groups excluding carboxylic acids is 1. The van der Waals surface area contributed by atoms with Crippen molar-refractivity contribution in [3.63, 3.8) is 0 Å². The number of fused-ring (bicyclic) bond motifs is 1. The average molecular weight is 331 g/mol. The molecule has 1 aromatic carbocycles. The number of cyclic esters (lactones) is 1. The fourth-order valence-electron chi connectivity index (χ4n) is 2.81. The largest absolute Gasteiger partial charge is 0.507 e. The first-order valence-corrected chi connectivity index (χ1v) is 7.25. The van der Waals surface area contributed by atoms with E-state index in [4.69, 9.17) is 14.2 Å². The van der Waals surface area contributed by atoms with Crippen molar-refractivity contribution in [2.24, 2.45) is 7.05 Å². The number of benzene rings is 1. The van der Waals surface area contributed by atoms with Crippen molar-refractivity contribution in [2.45, 2.75) is 13.0 Å². The van der Waals surface area contributed by atoms with Gasteiger partial charge in [0.2, 0.25) is 0 Å². The summed E-state index contributed by atoms with van der Waals surface area (Å²) in [4.78, 5) is 24.7. The van der Waals surface area contributed by atoms with E-state index in [1.54, 1.807) is 20.0 Å². The Labute approximate surface area is 138 Å². The number of aromatic nitrogens is 1. The molecular weight excluding hydrogens is 314 g/mol. The molecular formula is C17H17NO6. The smallest absolute Gasteiger partial charge is 0.339 e. The lowest BCUT2D eigenvalue weighted by molar-refractivity contribution is 0.0450. The van der Waals surface area contributed by atoms with Gasteiger partial charge in [-0.25, -0.2) is 4.79 Å². The van der Waals surface area contributed by atoms with Crippen LogP contribution in [-0.4, -0.2) is 29.9 Å². The standard InChI is InChI=1S/C17H17NO6/c1-8-5-11(19)14(16(20)18(8)2)15-9-6-12(22-3)13(23-4)7-10(9)17(21)24-15/h5-7,15,19H,1-4H3/t15-/m0/s1. The highest BCUT2D eigenvalue weighted by molar-refractivity contribution is 5.95. The molecule has 0 unspecified atom stereocenters. The number of nitrogens with zero attached hydrogens (tertiary/aromatic N) is 1. The zero-order valence-electron chi connectivity index (χ0n) is 13.7. The Morgan fingerprint density at radius 1 is 1.12 bits per heavy atom. The van der Waals surface area contributed by atoms with Crippen molar-refractivity contribution in [2.75, 3.05) is 14.2 Å². The minimum atomic E-state index is -0.994. The van der Waals surface area contributed by atoms with E-state index in [9.17, 15) is 14.7 Å². The molecule has 1 aromatic heterocycles. The van der Waals surface area contributed by atoms with Gasteiger partial charge < -0.3 is 23.9 Å². The summed E-state index contributed by atoms with van der Waals surface area (Å²) >= 11 is 0. The van der Waals surface area contributed by atoms with E-state index in [0.717, 1.165) is 0 Å². The molecule has 0 fully saturated rings. The molecule has 126 valence electrons. The van der Waals surface area contributed by atoms with E-state index in [2.05, 4.69) is 0 Å². The Bertz CT molecular complexity index is 899. The van der Waals surface area contributed by atoms with Gasteiger partial charge in [0.05, 0.1) is 19.8 Å². The SMILES string of the molecule is COc1cc2c(cc1OC)[C@@H](c1c(O)cc(C)n(C)c1=O)OC2=O. The van der Waals surface area contributed by atoms with Gasteiger partial charge in [0.1, 0.15) is 11.3 Å². The monoisotopic (exact) mass is 331 g/mol. The van der Waals surface area contributed by atoms with Crippen LogP contribution in [-0.2, 0) is 11.8 Å². The normalized spacial score (nSPS) is 15.8.